The number of piperidine rings is 1. The Morgan fingerprint density at radius 3 is 2.68 bits per heavy atom. The molecule has 0 atom stereocenters. The highest BCUT2D eigenvalue weighted by molar-refractivity contribution is 5.81. The Bertz CT molecular complexity index is 819. The summed E-state index contributed by atoms with van der Waals surface area (Å²) in [6.07, 6.45) is 5.16. The maximum Gasteiger partial charge on any atom is 0.225 e. The molecule has 128 valence electrons. The van der Waals surface area contributed by atoms with Gasteiger partial charge in [0.15, 0.2) is 0 Å². The van der Waals surface area contributed by atoms with Crippen LogP contribution in [0.2, 0.25) is 0 Å². The molecule has 0 unspecified atom stereocenters. The third kappa shape index (κ3) is 3.47. The van der Waals surface area contributed by atoms with Crippen molar-refractivity contribution >= 4 is 22.8 Å². The van der Waals surface area contributed by atoms with E-state index in [-0.39, 0.29) is 11.8 Å². The summed E-state index contributed by atoms with van der Waals surface area (Å²) in [4.78, 5) is 26.5. The Labute approximate surface area is 146 Å². The summed E-state index contributed by atoms with van der Waals surface area (Å²) >= 11 is 0. The quantitative estimate of drug-likeness (QED) is 0.768. The van der Waals surface area contributed by atoms with Crippen LogP contribution in [0, 0.1) is 5.92 Å². The van der Waals surface area contributed by atoms with Crippen molar-refractivity contribution in [1.82, 2.24) is 20.3 Å². The van der Waals surface area contributed by atoms with Gasteiger partial charge in [-0.2, -0.15) is 0 Å². The molecule has 6 nitrogen and oxygen atoms in total. The molecule has 4 rings (SSSR count). The van der Waals surface area contributed by atoms with Gasteiger partial charge in [0.05, 0.1) is 6.54 Å². The molecular weight excluding hydrogens is 314 g/mol. The molecule has 0 bridgehead atoms. The first-order valence-electron chi connectivity index (χ1n) is 8.66. The zero-order valence-electron chi connectivity index (χ0n) is 14.0. The van der Waals surface area contributed by atoms with Gasteiger partial charge >= 0.3 is 0 Å². The number of nitrogens with zero attached hydrogens (tertiary/aromatic N) is 3. The molecule has 0 spiro atoms. The first kappa shape index (κ1) is 15.6. The summed E-state index contributed by atoms with van der Waals surface area (Å²) < 4.78 is 0. The van der Waals surface area contributed by atoms with E-state index in [1.165, 1.54) is 5.39 Å². The van der Waals surface area contributed by atoms with Crippen LogP contribution in [-0.4, -0.2) is 33.9 Å². The molecule has 3 heterocycles. The lowest BCUT2D eigenvalue weighted by atomic mass is 9.96. The number of para-hydroxylation sites is 1. The van der Waals surface area contributed by atoms with Crippen molar-refractivity contribution in [3.8, 4) is 0 Å². The van der Waals surface area contributed by atoms with Crippen molar-refractivity contribution in [1.29, 1.82) is 0 Å². The molecule has 1 saturated heterocycles. The highest BCUT2D eigenvalue weighted by Gasteiger charge is 2.25. The molecule has 25 heavy (non-hydrogen) atoms. The predicted molar refractivity (Wildman–Crippen MR) is 97.1 cm³/mol. The van der Waals surface area contributed by atoms with Gasteiger partial charge in [-0.1, -0.05) is 18.2 Å². The van der Waals surface area contributed by atoms with E-state index in [2.05, 4.69) is 37.3 Å². The topological polar surface area (TPSA) is 73.9 Å². The monoisotopic (exact) mass is 335 g/mol. The van der Waals surface area contributed by atoms with Gasteiger partial charge in [0.1, 0.15) is 0 Å². The first-order chi connectivity index (χ1) is 12.3. The fourth-order valence-electron chi connectivity index (χ4n) is 3.35. The standard InChI is InChI=1S/C19H21N5O/c25-18(22-13-16-12-15-4-1-2-5-17(15)23-16)14-6-10-24(11-7-14)19-20-8-3-9-21-19/h1-5,8-9,12,14,23H,6-7,10-11,13H2,(H,22,25). The van der Waals surface area contributed by atoms with Crippen LogP contribution < -0.4 is 10.2 Å². The van der Waals surface area contributed by atoms with Crippen LogP contribution in [0.3, 0.4) is 0 Å². The summed E-state index contributed by atoms with van der Waals surface area (Å²) in [5.74, 6) is 0.941. The zero-order valence-corrected chi connectivity index (χ0v) is 14.0. The largest absolute Gasteiger partial charge is 0.357 e. The number of aromatic nitrogens is 3. The Kier molecular flexibility index (Phi) is 4.33. The van der Waals surface area contributed by atoms with E-state index >= 15 is 0 Å². The van der Waals surface area contributed by atoms with E-state index in [4.69, 9.17) is 0 Å². The lowest BCUT2D eigenvalue weighted by molar-refractivity contribution is -0.125. The number of carbonyl (C=O) groups is 1. The van der Waals surface area contributed by atoms with Crippen molar-refractivity contribution < 1.29 is 4.79 Å². The van der Waals surface area contributed by atoms with Crippen molar-refractivity contribution in [3.05, 3.63) is 54.5 Å². The third-order valence-corrected chi connectivity index (χ3v) is 4.74. The number of anilines is 1. The maximum atomic E-state index is 12.5. The van der Waals surface area contributed by atoms with E-state index in [0.29, 0.717) is 6.54 Å². The van der Waals surface area contributed by atoms with Crippen LogP contribution in [0.5, 0.6) is 0 Å². The second kappa shape index (κ2) is 6.93. The molecular formula is C19H21N5O. The molecule has 1 aromatic carbocycles. The molecule has 2 aromatic heterocycles. The summed E-state index contributed by atoms with van der Waals surface area (Å²) in [6.45, 7) is 2.17. The second-order valence-corrected chi connectivity index (χ2v) is 6.41. The number of nitrogens with one attached hydrogen (secondary N) is 2. The number of hydrogen-bond acceptors (Lipinski definition) is 4. The molecule has 3 aromatic rings. The van der Waals surface area contributed by atoms with Gasteiger partial charge in [-0.3, -0.25) is 4.79 Å². The van der Waals surface area contributed by atoms with Gasteiger partial charge in [-0.15, -0.1) is 0 Å². The molecule has 1 aliphatic heterocycles. The van der Waals surface area contributed by atoms with Gasteiger partial charge in [0.25, 0.3) is 0 Å². The van der Waals surface area contributed by atoms with Crippen LogP contribution in [0.25, 0.3) is 10.9 Å². The predicted octanol–water partition coefficient (Wildman–Crippen LogP) is 2.49. The highest BCUT2D eigenvalue weighted by atomic mass is 16.1. The molecule has 6 heteroatoms. The van der Waals surface area contributed by atoms with E-state index in [1.54, 1.807) is 12.4 Å². The van der Waals surface area contributed by atoms with Crippen molar-refractivity contribution in [2.45, 2.75) is 19.4 Å². The highest BCUT2D eigenvalue weighted by Crippen LogP contribution is 2.21. The van der Waals surface area contributed by atoms with Crippen LogP contribution in [0.4, 0.5) is 5.95 Å². The second-order valence-electron chi connectivity index (χ2n) is 6.41. The van der Waals surface area contributed by atoms with E-state index in [1.807, 2.05) is 24.3 Å². The zero-order chi connectivity index (χ0) is 17.1. The number of amides is 1. The molecule has 0 aliphatic carbocycles. The number of carbonyl (C=O) groups excluding carboxylic acids is 1. The summed E-state index contributed by atoms with van der Waals surface area (Å²) in [5.41, 5.74) is 2.13. The molecule has 1 fully saturated rings. The summed E-state index contributed by atoms with van der Waals surface area (Å²) in [6, 6.07) is 12.0. The average Bonchev–Trinajstić information content (AvgIpc) is 3.10. The third-order valence-electron chi connectivity index (χ3n) is 4.74. The van der Waals surface area contributed by atoms with Gasteiger partial charge in [-0.25, -0.2) is 9.97 Å². The minimum atomic E-state index is 0.0596. The van der Waals surface area contributed by atoms with E-state index in [0.717, 1.165) is 43.1 Å². The van der Waals surface area contributed by atoms with Crippen molar-refractivity contribution in [2.75, 3.05) is 18.0 Å². The van der Waals surface area contributed by atoms with Crippen LogP contribution in [0.1, 0.15) is 18.5 Å². The minimum Gasteiger partial charge on any atom is -0.357 e. The Balaban J connectivity index is 1.30. The normalized spacial score (nSPS) is 15.4. The van der Waals surface area contributed by atoms with Crippen LogP contribution >= 0.6 is 0 Å². The first-order valence-corrected chi connectivity index (χ1v) is 8.66. The minimum absolute atomic E-state index is 0.0596. The molecule has 0 saturated carbocycles. The van der Waals surface area contributed by atoms with Gasteiger partial charge in [0, 0.05) is 42.6 Å². The SMILES string of the molecule is O=C(NCc1cc2ccccc2[nH]1)C1CCN(c2ncccn2)CC1. The van der Waals surface area contributed by atoms with Crippen molar-refractivity contribution in [2.24, 2.45) is 5.92 Å². The number of fused-ring (bicyclic) bond motifs is 1. The van der Waals surface area contributed by atoms with Gasteiger partial charge in [-0.05, 0) is 36.4 Å². The fraction of sp³-hybridized carbons (Fsp3) is 0.316. The number of hydrogen-bond donors (Lipinski definition) is 2. The molecule has 2 N–H and O–H groups in total. The van der Waals surface area contributed by atoms with Crippen molar-refractivity contribution in [3.63, 3.8) is 0 Å². The number of benzene rings is 1. The maximum absolute atomic E-state index is 12.5. The van der Waals surface area contributed by atoms with Gasteiger partial charge in [0.2, 0.25) is 11.9 Å². The number of aromatic amines is 1. The van der Waals surface area contributed by atoms with Crippen LogP contribution in [-0.2, 0) is 11.3 Å². The lowest BCUT2D eigenvalue weighted by Gasteiger charge is -2.31. The lowest BCUT2D eigenvalue weighted by Crippen LogP contribution is -2.41. The smallest absolute Gasteiger partial charge is 0.225 e. The van der Waals surface area contributed by atoms with E-state index in [9.17, 15) is 4.79 Å². The molecule has 1 aliphatic rings. The Morgan fingerprint density at radius 2 is 1.92 bits per heavy atom. The van der Waals surface area contributed by atoms with Gasteiger partial charge < -0.3 is 15.2 Å². The summed E-state index contributed by atoms with van der Waals surface area (Å²) in [7, 11) is 0. The van der Waals surface area contributed by atoms with E-state index < -0.39 is 0 Å². The fourth-order valence-corrected chi connectivity index (χ4v) is 3.35. The molecule has 0 radical (unpaired) electrons. The summed E-state index contributed by atoms with van der Waals surface area (Å²) in [5, 5.41) is 4.23. The average molecular weight is 335 g/mol. The van der Waals surface area contributed by atoms with Crippen LogP contribution in [0.15, 0.2) is 48.8 Å². The number of H-pyrrole nitrogens is 1. The Hall–Kier alpha value is -2.89. The number of rotatable bonds is 4. The molecule has 1 amide bonds. The Morgan fingerprint density at radius 1 is 1.16 bits per heavy atom.